The average molecular weight is 201 g/mol. The number of hydrogen-bond donors (Lipinski definition) is 1. The lowest BCUT2D eigenvalue weighted by Crippen LogP contribution is -2.43. The van der Waals surface area contributed by atoms with E-state index < -0.39 is 15.1 Å². The molecule has 0 aromatic rings. The maximum absolute atomic E-state index is 11.5. The Kier molecular flexibility index (Phi) is 3.34. The van der Waals surface area contributed by atoms with Crippen molar-refractivity contribution in [1.29, 1.82) is 0 Å². The third-order valence-corrected chi connectivity index (χ3v) is 4.83. The Morgan fingerprint density at radius 3 is 2.77 bits per heavy atom. The Balaban J connectivity index is 2.72. The molecule has 1 aliphatic rings. The summed E-state index contributed by atoms with van der Waals surface area (Å²) < 4.78 is 23.1. The normalized spacial score (nSPS) is 29.1. The van der Waals surface area contributed by atoms with Gasteiger partial charge in [-0.2, -0.15) is 0 Å². The van der Waals surface area contributed by atoms with Gasteiger partial charge in [-0.1, -0.05) is 6.42 Å². The zero-order valence-electron chi connectivity index (χ0n) is 7.57. The van der Waals surface area contributed by atoms with Gasteiger partial charge in [0.05, 0.1) is 11.0 Å². The van der Waals surface area contributed by atoms with E-state index in [0.29, 0.717) is 12.8 Å². The molecule has 0 bridgehead atoms. The highest BCUT2D eigenvalue weighted by atomic mass is 32.2. The molecule has 0 aromatic carbocycles. The molecule has 3 nitrogen and oxygen atoms in total. The molecule has 1 saturated heterocycles. The quantitative estimate of drug-likeness (QED) is 0.654. The summed E-state index contributed by atoms with van der Waals surface area (Å²) in [6.45, 7) is 0. The third-order valence-electron chi connectivity index (χ3n) is 2.46. The summed E-state index contributed by atoms with van der Waals surface area (Å²) in [4.78, 5) is 0. The molecule has 2 N–H and O–H groups in total. The largest absolute Gasteiger partial charge is 0.326 e. The van der Waals surface area contributed by atoms with Crippen molar-refractivity contribution in [2.45, 2.75) is 37.0 Å². The van der Waals surface area contributed by atoms with Crippen LogP contribution >= 0.6 is 0 Å². The molecule has 2 atom stereocenters. The van der Waals surface area contributed by atoms with Gasteiger partial charge in [0, 0.05) is 12.5 Å². The smallest absolute Gasteiger partial charge is 0.154 e. The Hall–Kier alpha value is -0.530. The first-order chi connectivity index (χ1) is 6.08. The van der Waals surface area contributed by atoms with Crippen molar-refractivity contribution in [3.63, 3.8) is 0 Å². The fraction of sp³-hybridized carbons (Fsp3) is 0.778. The summed E-state index contributed by atoms with van der Waals surface area (Å²) in [6.07, 6.45) is 7.83. The van der Waals surface area contributed by atoms with Crippen LogP contribution in [-0.2, 0) is 9.84 Å². The van der Waals surface area contributed by atoms with Crippen molar-refractivity contribution in [3.8, 4) is 12.3 Å². The maximum atomic E-state index is 11.5. The van der Waals surface area contributed by atoms with Gasteiger partial charge in [-0.05, 0) is 12.8 Å². The van der Waals surface area contributed by atoms with Crippen molar-refractivity contribution in [3.05, 3.63) is 0 Å². The number of rotatable bonds is 2. The van der Waals surface area contributed by atoms with Gasteiger partial charge < -0.3 is 5.73 Å². The molecule has 1 aliphatic heterocycles. The van der Waals surface area contributed by atoms with Crippen LogP contribution in [0.3, 0.4) is 0 Å². The second kappa shape index (κ2) is 4.12. The molecule has 13 heavy (non-hydrogen) atoms. The second-order valence-electron chi connectivity index (χ2n) is 3.47. The lowest BCUT2D eigenvalue weighted by molar-refractivity contribution is 0.500. The molecule has 4 heteroatoms. The van der Waals surface area contributed by atoms with Crippen molar-refractivity contribution in [2.75, 3.05) is 5.75 Å². The van der Waals surface area contributed by atoms with Gasteiger partial charge in [0.25, 0.3) is 0 Å². The van der Waals surface area contributed by atoms with Gasteiger partial charge in [-0.3, -0.25) is 0 Å². The minimum Gasteiger partial charge on any atom is -0.326 e. The Morgan fingerprint density at radius 2 is 2.23 bits per heavy atom. The number of nitrogens with two attached hydrogens (primary N) is 1. The first kappa shape index (κ1) is 10.6. The fourth-order valence-electron chi connectivity index (χ4n) is 1.73. The maximum Gasteiger partial charge on any atom is 0.154 e. The van der Waals surface area contributed by atoms with Crippen LogP contribution in [0.25, 0.3) is 0 Å². The lowest BCUT2D eigenvalue weighted by atomic mass is 10.1. The van der Waals surface area contributed by atoms with E-state index in [1.54, 1.807) is 0 Å². The molecule has 0 radical (unpaired) electrons. The van der Waals surface area contributed by atoms with E-state index in [1.807, 2.05) is 0 Å². The molecule has 1 heterocycles. The number of sulfone groups is 1. The predicted molar refractivity (Wildman–Crippen MR) is 52.9 cm³/mol. The Labute approximate surface area is 79.6 Å². The number of hydrogen-bond acceptors (Lipinski definition) is 3. The minimum absolute atomic E-state index is 0.274. The second-order valence-corrected chi connectivity index (χ2v) is 5.81. The van der Waals surface area contributed by atoms with Crippen LogP contribution in [0.1, 0.15) is 25.7 Å². The van der Waals surface area contributed by atoms with E-state index in [-0.39, 0.29) is 11.8 Å². The minimum atomic E-state index is -2.97. The van der Waals surface area contributed by atoms with Crippen molar-refractivity contribution < 1.29 is 8.42 Å². The van der Waals surface area contributed by atoms with Crippen LogP contribution in [0.15, 0.2) is 0 Å². The van der Waals surface area contributed by atoms with Crippen molar-refractivity contribution in [1.82, 2.24) is 0 Å². The Morgan fingerprint density at radius 1 is 1.54 bits per heavy atom. The molecule has 0 saturated carbocycles. The molecule has 74 valence electrons. The van der Waals surface area contributed by atoms with Gasteiger partial charge in [0.1, 0.15) is 0 Å². The lowest BCUT2D eigenvalue weighted by Gasteiger charge is -2.26. The highest BCUT2D eigenvalue weighted by Gasteiger charge is 2.32. The van der Waals surface area contributed by atoms with E-state index >= 15 is 0 Å². The van der Waals surface area contributed by atoms with Crippen molar-refractivity contribution >= 4 is 9.84 Å². The zero-order valence-corrected chi connectivity index (χ0v) is 8.39. The summed E-state index contributed by atoms with van der Waals surface area (Å²) >= 11 is 0. The summed E-state index contributed by atoms with van der Waals surface area (Å²) in [5.41, 5.74) is 5.71. The molecule has 2 unspecified atom stereocenters. The fourth-order valence-corrected chi connectivity index (χ4v) is 3.79. The van der Waals surface area contributed by atoms with Crippen LogP contribution < -0.4 is 5.73 Å². The molecular weight excluding hydrogens is 186 g/mol. The summed E-state index contributed by atoms with van der Waals surface area (Å²) in [5.74, 6) is 2.69. The molecule has 0 amide bonds. The van der Waals surface area contributed by atoms with E-state index in [4.69, 9.17) is 12.2 Å². The highest BCUT2D eigenvalue weighted by Crippen LogP contribution is 2.22. The van der Waals surface area contributed by atoms with Crippen LogP contribution in [0.5, 0.6) is 0 Å². The Bertz CT molecular complexity index is 302. The zero-order chi connectivity index (χ0) is 9.90. The monoisotopic (exact) mass is 201 g/mol. The van der Waals surface area contributed by atoms with Gasteiger partial charge in [-0.15, -0.1) is 12.3 Å². The first-order valence-electron chi connectivity index (χ1n) is 4.48. The standard InChI is InChI=1S/C9H15NO2S/c1-2-5-8(10)9-6-3-4-7-13(9,11)12/h1,8-9H,3-7,10H2. The predicted octanol–water partition coefficient (Wildman–Crippen LogP) is 0.304. The van der Waals surface area contributed by atoms with Crippen LogP contribution in [0, 0.1) is 12.3 Å². The van der Waals surface area contributed by atoms with E-state index in [2.05, 4.69) is 5.92 Å². The number of terminal acetylenes is 1. The van der Waals surface area contributed by atoms with E-state index in [9.17, 15) is 8.42 Å². The van der Waals surface area contributed by atoms with Gasteiger partial charge in [-0.25, -0.2) is 8.42 Å². The van der Waals surface area contributed by atoms with Gasteiger partial charge in [0.2, 0.25) is 0 Å². The molecule has 0 aromatic heterocycles. The first-order valence-corrected chi connectivity index (χ1v) is 6.20. The van der Waals surface area contributed by atoms with Crippen LogP contribution in [-0.4, -0.2) is 25.5 Å². The van der Waals surface area contributed by atoms with Gasteiger partial charge >= 0.3 is 0 Å². The van der Waals surface area contributed by atoms with Crippen molar-refractivity contribution in [2.24, 2.45) is 5.73 Å². The van der Waals surface area contributed by atoms with Crippen LogP contribution in [0.2, 0.25) is 0 Å². The molecule has 1 fully saturated rings. The third kappa shape index (κ3) is 2.45. The molecule has 0 aliphatic carbocycles. The molecule has 0 spiro atoms. The summed E-state index contributed by atoms with van der Waals surface area (Å²) in [7, 11) is -2.97. The summed E-state index contributed by atoms with van der Waals surface area (Å²) in [5, 5.41) is -0.405. The van der Waals surface area contributed by atoms with E-state index in [1.165, 1.54) is 0 Å². The highest BCUT2D eigenvalue weighted by molar-refractivity contribution is 7.92. The van der Waals surface area contributed by atoms with E-state index in [0.717, 1.165) is 12.8 Å². The topological polar surface area (TPSA) is 60.2 Å². The van der Waals surface area contributed by atoms with Gasteiger partial charge in [0.15, 0.2) is 9.84 Å². The average Bonchev–Trinajstić information content (AvgIpc) is 2.03. The summed E-state index contributed by atoms with van der Waals surface area (Å²) in [6, 6.07) is -0.379. The molecular formula is C9H15NO2S. The van der Waals surface area contributed by atoms with Crippen LogP contribution in [0.4, 0.5) is 0 Å². The molecule has 1 rings (SSSR count). The SMILES string of the molecule is C#CCC(N)C1CCCCS1(=O)=O.